The number of rotatable bonds is 5. The van der Waals surface area contributed by atoms with Crippen LogP contribution in [0.3, 0.4) is 0 Å². The molecule has 2 aliphatic heterocycles. The second-order valence-corrected chi connectivity index (χ2v) is 6.22. The van der Waals surface area contributed by atoms with E-state index in [9.17, 15) is 9.59 Å². The molecule has 0 saturated carbocycles. The molecule has 2 N–H and O–H groups in total. The van der Waals surface area contributed by atoms with Crippen LogP contribution < -0.4 is 10.6 Å². The van der Waals surface area contributed by atoms with Crippen LogP contribution in [0.25, 0.3) is 0 Å². The average Bonchev–Trinajstić information content (AvgIpc) is 2.66. The predicted octanol–water partition coefficient (Wildman–Crippen LogP) is 1.55. The van der Waals surface area contributed by atoms with Crippen LogP contribution in [0.5, 0.6) is 0 Å². The minimum atomic E-state index is -0.0240. The van der Waals surface area contributed by atoms with Crippen LogP contribution >= 0.6 is 11.8 Å². The van der Waals surface area contributed by atoms with Gasteiger partial charge >= 0.3 is 6.03 Å². The number of urea groups is 1. The summed E-state index contributed by atoms with van der Waals surface area (Å²) >= 11 is 1.97. The molecule has 2 saturated heterocycles. The zero-order chi connectivity index (χ0) is 12.3. The number of amides is 2. The molecule has 5 heteroatoms. The van der Waals surface area contributed by atoms with E-state index in [0.717, 1.165) is 31.6 Å². The van der Waals surface area contributed by atoms with Gasteiger partial charge in [0, 0.05) is 35.9 Å². The smallest absolute Gasteiger partial charge is 0.315 e. The molecule has 2 amide bonds. The Hall–Kier alpha value is -0.710. The zero-order valence-corrected chi connectivity index (χ0v) is 11.0. The highest BCUT2D eigenvalue weighted by Gasteiger charge is 2.39. The molecule has 96 valence electrons. The number of hydrogen-bond acceptors (Lipinski definition) is 3. The van der Waals surface area contributed by atoms with Gasteiger partial charge in [0.25, 0.3) is 0 Å². The van der Waals surface area contributed by atoms with Gasteiger partial charge < -0.3 is 15.4 Å². The fourth-order valence-corrected chi connectivity index (χ4v) is 4.25. The van der Waals surface area contributed by atoms with Gasteiger partial charge in [0.2, 0.25) is 0 Å². The highest BCUT2D eigenvalue weighted by Crippen LogP contribution is 2.36. The van der Waals surface area contributed by atoms with Gasteiger partial charge in [-0.25, -0.2) is 4.79 Å². The highest BCUT2D eigenvalue weighted by molar-refractivity contribution is 8.00. The minimum Gasteiger partial charge on any atom is -0.338 e. The third-order valence-electron chi connectivity index (χ3n) is 3.57. The number of hydrogen-bond donors (Lipinski definition) is 2. The second kappa shape index (κ2) is 5.76. The average molecular weight is 256 g/mol. The molecule has 2 fully saturated rings. The van der Waals surface area contributed by atoms with E-state index >= 15 is 0 Å². The lowest BCUT2D eigenvalue weighted by Gasteiger charge is -2.29. The van der Waals surface area contributed by atoms with E-state index in [1.165, 1.54) is 0 Å². The van der Waals surface area contributed by atoms with Crippen molar-refractivity contribution in [1.82, 2.24) is 10.6 Å². The molecule has 0 aromatic rings. The first kappa shape index (κ1) is 12.7. The first-order chi connectivity index (χ1) is 8.16. The van der Waals surface area contributed by atoms with Crippen LogP contribution in [0, 0.1) is 5.92 Å². The van der Waals surface area contributed by atoms with Gasteiger partial charge in [-0.05, 0) is 19.8 Å². The van der Waals surface area contributed by atoms with Crippen LogP contribution in [-0.2, 0) is 4.79 Å². The summed E-state index contributed by atoms with van der Waals surface area (Å²) in [5.41, 5.74) is 0. The molecule has 4 nitrogen and oxygen atoms in total. The lowest BCUT2D eigenvalue weighted by atomic mass is 9.92. The minimum absolute atomic E-state index is 0.0240. The molecule has 0 radical (unpaired) electrons. The van der Waals surface area contributed by atoms with E-state index in [4.69, 9.17) is 0 Å². The Bertz CT molecular complexity index is 309. The molecule has 0 aromatic carbocycles. The molecule has 0 aliphatic carbocycles. The topological polar surface area (TPSA) is 58.2 Å². The molecular weight excluding hydrogens is 236 g/mol. The Balaban J connectivity index is 1.72. The molecule has 0 unspecified atom stereocenters. The predicted molar refractivity (Wildman–Crippen MR) is 69.2 cm³/mol. The summed E-state index contributed by atoms with van der Waals surface area (Å²) in [6.07, 6.45) is 4.00. The molecule has 17 heavy (non-hydrogen) atoms. The van der Waals surface area contributed by atoms with Crippen molar-refractivity contribution in [3.8, 4) is 0 Å². The van der Waals surface area contributed by atoms with Crippen molar-refractivity contribution in [2.75, 3.05) is 12.3 Å². The van der Waals surface area contributed by atoms with Gasteiger partial charge in [0.05, 0.1) is 0 Å². The highest BCUT2D eigenvalue weighted by atomic mass is 32.2. The van der Waals surface area contributed by atoms with Crippen LogP contribution in [0.1, 0.15) is 32.6 Å². The number of fused-ring (bicyclic) bond motifs is 1. The molecule has 2 rings (SSSR count). The summed E-state index contributed by atoms with van der Waals surface area (Å²) in [6, 6.07) is 0.329. The van der Waals surface area contributed by atoms with Crippen molar-refractivity contribution in [2.45, 2.75) is 43.9 Å². The van der Waals surface area contributed by atoms with Gasteiger partial charge in [0.1, 0.15) is 5.78 Å². The summed E-state index contributed by atoms with van der Waals surface area (Å²) in [4.78, 5) is 22.0. The molecule has 0 bridgehead atoms. The van der Waals surface area contributed by atoms with Gasteiger partial charge in [-0.2, -0.15) is 11.8 Å². The molecule has 0 spiro atoms. The summed E-state index contributed by atoms with van der Waals surface area (Å²) in [6.45, 7) is 2.46. The van der Waals surface area contributed by atoms with Crippen molar-refractivity contribution in [3.63, 3.8) is 0 Å². The quantitative estimate of drug-likeness (QED) is 0.734. The molecule has 2 aliphatic rings. The number of ketones is 1. The maximum absolute atomic E-state index is 11.2. The van der Waals surface area contributed by atoms with Gasteiger partial charge in [-0.3, -0.25) is 0 Å². The Morgan fingerprint density at radius 3 is 3.06 bits per heavy atom. The van der Waals surface area contributed by atoms with E-state index in [2.05, 4.69) is 10.6 Å². The normalized spacial score (nSPS) is 31.6. The fraction of sp³-hybridized carbons (Fsp3) is 0.833. The fourth-order valence-electron chi connectivity index (χ4n) is 2.60. The summed E-state index contributed by atoms with van der Waals surface area (Å²) in [5, 5.41) is 6.51. The van der Waals surface area contributed by atoms with Crippen molar-refractivity contribution in [3.05, 3.63) is 0 Å². The summed E-state index contributed by atoms with van der Waals surface area (Å²) in [5.74, 6) is 1.89. The zero-order valence-electron chi connectivity index (χ0n) is 10.2. The van der Waals surface area contributed by atoms with Crippen LogP contribution in [-0.4, -0.2) is 35.4 Å². The Kier molecular flexibility index (Phi) is 4.31. The monoisotopic (exact) mass is 256 g/mol. The van der Waals surface area contributed by atoms with Crippen molar-refractivity contribution in [2.24, 2.45) is 5.92 Å². The van der Waals surface area contributed by atoms with Gasteiger partial charge in [-0.1, -0.05) is 6.42 Å². The largest absolute Gasteiger partial charge is 0.338 e. The van der Waals surface area contributed by atoms with Gasteiger partial charge in [0.15, 0.2) is 0 Å². The number of carbonyl (C=O) groups excluding carboxylic acids is 2. The second-order valence-electron chi connectivity index (χ2n) is 4.94. The van der Waals surface area contributed by atoms with Crippen molar-refractivity contribution in [1.29, 1.82) is 0 Å². The third-order valence-corrected chi connectivity index (χ3v) is 5.13. The number of thioether (sulfide) groups is 1. The number of Topliss-reactive ketones (excluding diaryl/α,β-unsaturated/α-hetero) is 1. The molecular formula is C12H20N2O2S. The standard InChI is InChI=1S/C12H20N2O2S/c1-8(15)4-2-3-5-11-9-6-13-12(16)14-10(9)7-17-11/h9-11H,2-7H2,1H3,(H2,13,14,16)/t9-,10-,11-/m0/s1. The summed E-state index contributed by atoms with van der Waals surface area (Å²) in [7, 11) is 0. The number of nitrogens with one attached hydrogen (secondary N) is 2. The van der Waals surface area contributed by atoms with Crippen LogP contribution in [0.4, 0.5) is 4.79 Å². The van der Waals surface area contributed by atoms with Crippen LogP contribution in [0.15, 0.2) is 0 Å². The Morgan fingerprint density at radius 2 is 2.29 bits per heavy atom. The van der Waals surface area contributed by atoms with Crippen LogP contribution in [0.2, 0.25) is 0 Å². The van der Waals surface area contributed by atoms with E-state index in [1.54, 1.807) is 6.92 Å². The van der Waals surface area contributed by atoms with Crippen molar-refractivity contribution < 1.29 is 9.59 Å². The molecule has 3 atom stereocenters. The maximum atomic E-state index is 11.2. The van der Waals surface area contributed by atoms with E-state index in [0.29, 0.717) is 23.6 Å². The molecule has 2 heterocycles. The Labute approximate surface area is 106 Å². The van der Waals surface area contributed by atoms with Crippen molar-refractivity contribution >= 4 is 23.6 Å². The third kappa shape index (κ3) is 3.37. The number of carbonyl (C=O) groups is 2. The summed E-state index contributed by atoms with van der Waals surface area (Å²) < 4.78 is 0. The Morgan fingerprint density at radius 1 is 1.47 bits per heavy atom. The lowest BCUT2D eigenvalue weighted by molar-refractivity contribution is -0.117. The number of unbranched alkanes of at least 4 members (excludes halogenated alkanes) is 1. The first-order valence-electron chi connectivity index (χ1n) is 6.32. The molecule has 0 aromatic heterocycles. The maximum Gasteiger partial charge on any atom is 0.315 e. The SMILES string of the molecule is CC(=O)CCCC[C@@H]1SC[C@@H]2NC(=O)NC[C@@H]21. The van der Waals surface area contributed by atoms with Gasteiger partial charge in [-0.15, -0.1) is 0 Å². The van der Waals surface area contributed by atoms with E-state index in [-0.39, 0.29) is 11.8 Å². The lowest BCUT2D eigenvalue weighted by Crippen LogP contribution is -2.55. The first-order valence-corrected chi connectivity index (χ1v) is 7.37. The van der Waals surface area contributed by atoms with E-state index in [1.807, 2.05) is 11.8 Å². The van der Waals surface area contributed by atoms with E-state index < -0.39 is 0 Å².